The van der Waals surface area contributed by atoms with Crippen molar-refractivity contribution in [2.75, 3.05) is 38.2 Å². The van der Waals surface area contributed by atoms with Crippen molar-refractivity contribution in [3.63, 3.8) is 0 Å². The van der Waals surface area contributed by atoms with Gasteiger partial charge in [0.15, 0.2) is 0 Å². The molecule has 2 atom stereocenters. The van der Waals surface area contributed by atoms with Gasteiger partial charge in [-0.25, -0.2) is 0 Å². The van der Waals surface area contributed by atoms with Gasteiger partial charge in [0.2, 0.25) is 0 Å². The lowest BCUT2D eigenvalue weighted by atomic mass is 9.87. The predicted octanol–water partition coefficient (Wildman–Crippen LogP) is 3.84. The van der Waals surface area contributed by atoms with E-state index in [2.05, 4.69) is 4.90 Å². The third-order valence-electron chi connectivity index (χ3n) is 6.42. The fourth-order valence-corrected chi connectivity index (χ4v) is 4.62. The second-order valence-electron chi connectivity index (χ2n) is 8.41. The van der Waals surface area contributed by atoms with Crippen LogP contribution in [0, 0.1) is 0 Å². The fourth-order valence-electron chi connectivity index (χ4n) is 4.62. The second kappa shape index (κ2) is 9.11. The standard InChI is InChI=1S/C24H27F3N2O3/c1-32-19-7-4-16(5-8-19)20-15-17-14-18(24(25,26)27)6-9-21(17)29(23(31)22(20)30)13-12-28-10-2-3-11-28/h4-9,14,20,22,30H,2-3,10-13,15H2,1H3/t20-,22+/m0/s1. The van der Waals surface area contributed by atoms with E-state index in [1.165, 1.54) is 18.1 Å². The normalized spacial score (nSPS) is 22.0. The number of methoxy groups -OCH3 is 1. The smallest absolute Gasteiger partial charge is 0.416 e. The number of nitrogens with zero attached hydrogens (tertiary/aromatic N) is 2. The summed E-state index contributed by atoms with van der Waals surface area (Å²) in [5.41, 5.74) is 0.772. The number of alkyl halides is 3. The molecular weight excluding hydrogens is 421 g/mol. The van der Waals surface area contributed by atoms with Crippen LogP contribution in [0.25, 0.3) is 0 Å². The maximum absolute atomic E-state index is 13.4. The van der Waals surface area contributed by atoms with Crippen LogP contribution >= 0.6 is 0 Å². The van der Waals surface area contributed by atoms with E-state index in [0.717, 1.165) is 38.1 Å². The van der Waals surface area contributed by atoms with Crippen LogP contribution in [0.15, 0.2) is 42.5 Å². The Morgan fingerprint density at radius 1 is 1.06 bits per heavy atom. The van der Waals surface area contributed by atoms with Crippen LogP contribution in [-0.2, 0) is 17.4 Å². The number of hydrogen-bond acceptors (Lipinski definition) is 4. The minimum atomic E-state index is -4.49. The van der Waals surface area contributed by atoms with E-state index in [0.29, 0.717) is 35.7 Å². The number of fused-ring (bicyclic) bond motifs is 1. The summed E-state index contributed by atoms with van der Waals surface area (Å²) >= 11 is 0. The third-order valence-corrected chi connectivity index (χ3v) is 6.42. The van der Waals surface area contributed by atoms with Crippen molar-refractivity contribution in [1.82, 2.24) is 4.90 Å². The van der Waals surface area contributed by atoms with Crippen molar-refractivity contribution < 1.29 is 27.8 Å². The van der Waals surface area contributed by atoms with E-state index in [4.69, 9.17) is 4.74 Å². The summed E-state index contributed by atoms with van der Waals surface area (Å²) in [5.74, 6) is -0.522. The van der Waals surface area contributed by atoms with E-state index < -0.39 is 29.7 Å². The number of anilines is 1. The Labute approximate surface area is 185 Å². The number of rotatable bonds is 5. The lowest BCUT2D eigenvalue weighted by Gasteiger charge is -2.28. The number of hydrogen-bond donors (Lipinski definition) is 1. The van der Waals surface area contributed by atoms with Crippen molar-refractivity contribution in [2.24, 2.45) is 0 Å². The van der Waals surface area contributed by atoms with E-state index in [1.54, 1.807) is 24.3 Å². The lowest BCUT2D eigenvalue weighted by Crippen LogP contribution is -2.44. The molecule has 2 aliphatic heterocycles. The summed E-state index contributed by atoms with van der Waals surface area (Å²) in [5, 5.41) is 11.0. The molecule has 0 aliphatic carbocycles. The molecule has 4 rings (SSSR count). The Morgan fingerprint density at radius 2 is 1.75 bits per heavy atom. The number of ether oxygens (including phenoxy) is 1. The third kappa shape index (κ3) is 4.61. The van der Waals surface area contributed by atoms with Crippen LogP contribution in [0.4, 0.5) is 18.9 Å². The van der Waals surface area contributed by atoms with E-state index in [1.807, 2.05) is 0 Å². The molecular formula is C24H27F3N2O3. The van der Waals surface area contributed by atoms with Gasteiger partial charge in [-0.05, 0) is 73.8 Å². The van der Waals surface area contributed by atoms with Crippen LogP contribution in [-0.4, -0.2) is 55.3 Å². The van der Waals surface area contributed by atoms with Crippen molar-refractivity contribution >= 4 is 11.6 Å². The van der Waals surface area contributed by atoms with Crippen LogP contribution in [0.2, 0.25) is 0 Å². The average molecular weight is 448 g/mol. The summed E-state index contributed by atoms with van der Waals surface area (Å²) in [6.07, 6.45) is -3.52. The molecule has 0 spiro atoms. The molecule has 1 N–H and O–H groups in total. The summed E-state index contributed by atoms with van der Waals surface area (Å²) in [7, 11) is 1.53. The zero-order valence-corrected chi connectivity index (χ0v) is 17.9. The van der Waals surface area contributed by atoms with Gasteiger partial charge in [-0.2, -0.15) is 13.2 Å². The average Bonchev–Trinajstić information content (AvgIpc) is 3.27. The highest BCUT2D eigenvalue weighted by atomic mass is 19.4. The van der Waals surface area contributed by atoms with Crippen molar-refractivity contribution in [3.8, 4) is 5.75 Å². The quantitative estimate of drug-likeness (QED) is 0.755. The largest absolute Gasteiger partial charge is 0.497 e. The molecule has 0 radical (unpaired) electrons. The van der Waals surface area contributed by atoms with Crippen molar-refractivity contribution in [3.05, 3.63) is 59.2 Å². The van der Waals surface area contributed by atoms with Gasteiger partial charge >= 0.3 is 6.18 Å². The Bertz CT molecular complexity index is 956. The first-order valence-electron chi connectivity index (χ1n) is 10.8. The second-order valence-corrected chi connectivity index (χ2v) is 8.41. The van der Waals surface area contributed by atoms with Crippen molar-refractivity contribution in [2.45, 2.75) is 37.5 Å². The van der Waals surface area contributed by atoms with Crippen LogP contribution in [0.3, 0.4) is 0 Å². The van der Waals surface area contributed by atoms with E-state index in [9.17, 15) is 23.1 Å². The molecule has 0 aromatic heterocycles. The molecule has 1 amide bonds. The molecule has 0 bridgehead atoms. The Morgan fingerprint density at radius 3 is 2.38 bits per heavy atom. The van der Waals surface area contributed by atoms with Gasteiger partial charge in [0.1, 0.15) is 11.9 Å². The van der Waals surface area contributed by atoms with Crippen LogP contribution in [0.1, 0.15) is 35.4 Å². The minimum absolute atomic E-state index is 0.124. The Hall–Kier alpha value is -2.58. The number of aliphatic hydroxyl groups is 1. The van der Waals surface area contributed by atoms with Crippen molar-refractivity contribution in [1.29, 1.82) is 0 Å². The Balaban J connectivity index is 1.71. The van der Waals surface area contributed by atoms with Gasteiger partial charge in [0, 0.05) is 24.7 Å². The number of benzene rings is 2. The molecule has 172 valence electrons. The number of carbonyl (C=O) groups is 1. The summed E-state index contributed by atoms with van der Waals surface area (Å²) in [6, 6.07) is 10.4. The zero-order valence-electron chi connectivity index (χ0n) is 17.9. The number of amides is 1. The molecule has 32 heavy (non-hydrogen) atoms. The van der Waals surface area contributed by atoms with Gasteiger partial charge in [0.25, 0.3) is 5.91 Å². The minimum Gasteiger partial charge on any atom is -0.497 e. The number of halogens is 3. The highest BCUT2D eigenvalue weighted by Gasteiger charge is 2.38. The molecule has 0 unspecified atom stereocenters. The molecule has 8 heteroatoms. The van der Waals surface area contributed by atoms with Gasteiger partial charge < -0.3 is 19.6 Å². The zero-order chi connectivity index (χ0) is 22.9. The molecule has 1 fully saturated rings. The van der Waals surface area contributed by atoms with Crippen LogP contribution in [0.5, 0.6) is 5.75 Å². The maximum Gasteiger partial charge on any atom is 0.416 e. The summed E-state index contributed by atoms with van der Waals surface area (Å²) in [6.45, 7) is 2.83. The lowest BCUT2D eigenvalue weighted by molar-refractivity contribution is -0.137. The highest BCUT2D eigenvalue weighted by molar-refractivity contribution is 5.98. The molecule has 2 aromatic carbocycles. The van der Waals surface area contributed by atoms with E-state index >= 15 is 0 Å². The SMILES string of the molecule is COc1ccc([C@@H]2Cc3cc(C(F)(F)F)ccc3N(CCN3CCCC3)C(=O)[C@@H]2O)cc1. The monoisotopic (exact) mass is 448 g/mol. The Kier molecular flexibility index (Phi) is 6.44. The number of carbonyl (C=O) groups excluding carboxylic acids is 1. The van der Waals surface area contributed by atoms with Gasteiger partial charge in [-0.3, -0.25) is 4.79 Å². The fraction of sp³-hybridized carbons (Fsp3) is 0.458. The highest BCUT2D eigenvalue weighted by Crippen LogP contribution is 2.39. The first-order chi connectivity index (χ1) is 15.3. The van der Waals surface area contributed by atoms with Gasteiger partial charge in [-0.1, -0.05) is 12.1 Å². The van der Waals surface area contributed by atoms with Gasteiger partial charge in [-0.15, -0.1) is 0 Å². The number of likely N-dealkylation sites (tertiary alicyclic amines) is 1. The topological polar surface area (TPSA) is 53.0 Å². The molecule has 2 aliphatic rings. The molecule has 5 nitrogen and oxygen atoms in total. The summed E-state index contributed by atoms with van der Waals surface area (Å²) in [4.78, 5) is 17.0. The van der Waals surface area contributed by atoms with Gasteiger partial charge in [0.05, 0.1) is 12.7 Å². The number of aliphatic hydroxyl groups excluding tert-OH is 1. The van der Waals surface area contributed by atoms with Crippen LogP contribution < -0.4 is 9.64 Å². The molecule has 0 saturated carbocycles. The molecule has 2 aromatic rings. The first-order valence-corrected chi connectivity index (χ1v) is 10.8. The summed E-state index contributed by atoms with van der Waals surface area (Å²) < 4.78 is 45.4. The van der Waals surface area contributed by atoms with E-state index in [-0.39, 0.29) is 6.42 Å². The molecule has 1 saturated heterocycles. The maximum atomic E-state index is 13.4. The predicted molar refractivity (Wildman–Crippen MR) is 115 cm³/mol. The molecule has 2 heterocycles. The first kappa shape index (κ1) is 22.6.